The third-order valence-electron chi connectivity index (χ3n) is 6.31. The molecule has 2 aromatic heterocycles. The number of ether oxygens (including phenoxy) is 3. The fourth-order valence-corrected chi connectivity index (χ4v) is 4.25. The predicted octanol–water partition coefficient (Wildman–Crippen LogP) is 4.29. The average molecular weight is 618 g/mol. The molecule has 0 aliphatic carbocycles. The molecule has 0 bridgehead atoms. The third kappa shape index (κ3) is 7.14. The average Bonchev–Trinajstić information content (AvgIpc) is 3.52. The Labute approximate surface area is 248 Å². The molecule has 0 saturated heterocycles. The summed E-state index contributed by atoms with van der Waals surface area (Å²) in [6.07, 6.45) is -1.86. The van der Waals surface area contributed by atoms with Crippen molar-refractivity contribution in [1.29, 1.82) is 0 Å². The molecule has 4 rings (SSSR count). The molecule has 0 radical (unpaired) electrons. The number of rotatable bonds is 12. The van der Waals surface area contributed by atoms with Gasteiger partial charge in [-0.1, -0.05) is 0 Å². The van der Waals surface area contributed by atoms with E-state index in [-0.39, 0.29) is 40.6 Å². The highest BCUT2D eigenvalue weighted by molar-refractivity contribution is 5.99. The number of halogens is 4. The van der Waals surface area contributed by atoms with Gasteiger partial charge in [-0.3, -0.25) is 14.7 Å². The van der Waals surface area contributed by atoms with Gasteiger partial charge in [0.05, 0.1) is 49.6 Å². The minimum Gasteiger partial charge on any atom is -0.493 e. The number of carbonyl (C=O) groups excluding carboxylic acids is 2. The Bertz CT molecular complexity index is 1620. The molecule has 0 unspecified atom stereocenters. The van der Waals surface area contributed by atoms with Gasteiger partial charge in [0.15, 0.2) is 23.1 Å². The van der Waals surface area contributed by atoms with Gasteiger partial charge in [-0.05, 0) is 35.9 Å². The van der Waals surface area contributed by atoms with Crippen LogP contribution < -0.4 is 29.3 Å². The molecule has 0 atom stereocenters. The topological polar surface area (TPSA) is 135 Å². The first kappa shape index (κ1) is 31.5. The van der Waals surface area contributed by atoms with Gasteiger partial charge in [-0.25, -0.2) is 14.4 Å². The normalized spacial score (nSPS) is 11.1. The molecule has 232 valence electrons. The van der Waals surface area contributed by atoms with Crippen molar-refractivity contribution in [3.8, 4) is 28.5 Å². The number of benzene rings is 2. The molecule has 2 amide bonds. The van der Waals surface area contributed by atoms with E-state index in [4.69, 9.17) is 14.2 Å². The van der Waals surface area contributed by atoms with Gasteiger partial charge in [0.25, 0.3) is 0 Å². The van der Waals surface area contributed by atoms with Gasteiger partial charge in [0.2, 0.25) is 18.2 Å². The van der Waals surface area contributed by atoms with Gasteiger partial charge < -0.3 is 29.3 Å². The molecule has 0 saturated carbocycles. The molecule has 12 nitrogen and oxygen atoms in total. The van der Waals surface area contributed by atoms with Crippen molar-refractivity contribution in [3.63, 3.8) is 0 Å². The molecule has 2 N–H and O–H groups in total. The lowest BCUT2D eigenvalue weighted by Crippen LogP contribution is -2.32. The summed E-state index contributed by atoms with van der Waals surface area (Å²) in [7, 11) is 5.37. The van der Waals surface area contributed by atoms with Crippen LogP contribution >= 0.6 is 0 Å². The van der Waals surface area contributed by atoms with Gasteiger partial charge in [-0.15, -0.1) is 0 Å². The Balaban J connectivity index is 1.77. The van der Waals surface area contributed by atoms with Crippen LogP contribution in [0.1, 0.15) is 11.4 Å². The number of alkyl halides is 3. The maximum absolute atomic E-state index is 15.4. The number of carbonyl (C=O) groups is 2. The van der Waals surface area contributed by atoms with Crippen molar-refractivity contribution in [2.24, 2.45) is 0 Å². The highest BCUT2D eigenvalue weighted by atomic mass is 19.4. The molecule has 44 heavy (non-hydrogen) atoms. The standard InChI is InChI=1S/C28H27F4N7O5/c1-38(12-24(41)36-18-5-6-25(43-4)33-11-18)21-10-17(28(30,31)32)9-19(26(21)39(2)15-40)16-7-20(29)27(22(8-16)42-3)44-13-23-34-14-35-37-23/h5-11,14-15H,12-13H2,1-4H3,(H,36,41)(H,34,35,37). The first-order valence-electron chi connectivity index (χ1n) is 12.7. The Hall–Kier alpha value is -5.41. The van der Waals surface area contributed by atoms with E-state index in [0.29, 0.717) is 23.8 Å². The molecule has 4 aromatic rings. The van der Waals surface area contributed by atoms with Gasteiger partial charge in [0, 0.05) is 25.7 Å². The van der Waals surface area contributed by atoms with Crippen LogP contribution in [-0.4, -0.2) is 67.3 Å². The summed E-state index contributed by atoms with van der Waals surface area (Å²) in [5, 5.41) is 8.85. The summed E-state index contributed by atoms with van der Waals surface area (Å²) < 4.78 is 73.6. The number of methoxy groups -OCH3 is 2. The third-order valence-corrected chi connectivity index (χ3v) is 6.31. The lowest BCUT2D eigenvalue weighted by Gasteiger charge is -2.28. The number of pyridine rings is 1. The number of H-pyrrole nitrogens is 1. The number of anilines is 3. The number of amides is 2. The summed E-state index contributed by atoms with van der Waals surface area (Å²) in [5.41, 5.74) is -1.13. The van der Waals surface area contributed by atoms with E-state index in [2.05, 4.69) is 25.5 Å². The second-order valence-electron chi connectivity index (χ2n) is 9.31. The summed E-state index contributed by atoms with van der Waals surface area (Å²) in [6.45, 7) is -0.614. The highest BCUT2D eigenvalue weighted by Gasteiger charge is 2.34. The number of likely N-dealkylation sites (N-methyl/N-ethyl adjacent to an activating group) is 1. The van der Waals surface area contributed by atoms with Crippen LogP contribution in [0.2, 0.25) is 0 Å². The molecule has 0 fully saturated rings. The maximum Gasteiger partial charge on any atom is 0.416 e. The Morgan fingerprint density at radius 1 is 1.09 bits per heavy atom. The van der Waals surface area contributed by atoms with Crippen LogP contribution in [0.15, 0.2) is 48.9 Å². The van der Waals surface area contributed by atoms with Gasteiger partial charge >= 0.3 is 6.18 Å². The lowest BCUT2D eigenvalue weighted by atomic mass is 9.97. The Morgan fingerprint density at radius 2 is 1.86 bits per heavy atom. The number of nitrogens with zero attached hydrogens (tertiary/aromatic N) is 5. The molecular formula is C28H27F4N7O5. The number of hydrogen-bond donors (Lipinski definition) is 2. The molecule has 2 aromatic carbocycles. The summed E-state index contributed by atoms with van der Waals surface area (Å²) in [6, 6.07) is 6.90. The van der Waals surface area contributed by atoms with Crippen LogP contribution in [0.25, 0.3) is 11.1 Å². The van der Waals surface area contributed by atoms with Crippen molar-refractivity contribution < 1.29 is 41.4 Å². The first-order valence-corrected chi connectivity index (χ1v) is 12.7. The SMILES string of the molecule is COc1ccc(NC(=O)CN(C)c2cc(C(F)(F)F)cc(-c3cc(F)c(OCc4ncn[nH]4)c(OC)c3)c2N(C)C=O)cn1. The smallest absolute Gasteiger partial charge is 0.416 e. The van der Waals surface area contributed by atoms with Crippen LogP contribution in [0.5, 0.6) is 17.4 Å². The monoisotopic (exact) mass is 617 g/mol. The molecular weight excluding hydrogens is 590 g/mol. The van der Waals surface area contributed by atoms with E-state index < -0.39 is 30.0 Å². The number of aromatic nitrogens is 4. The van der Waals surface area contributed by atoms with Crippen LogP contribution in [-0.2, 0) is 22.4 Å². The quantitative estimate of drug-likeness (QED) is 0.176. The largest absolute Gasteiger partial charge is 0.493 e. The van der Waals surface area contributed by atoms with Crippen LogP contribution in [0, 0.1) is 5.82 Å². The maximum atomic E-state index is 15.4. The second-order valence-corrected chi connectivity index (χ2v) is 9.31. The fourth-order valence-electron chi connectivity index (χ4n) is 4.25. The van der Waals surface area contributed by atoms with E-state index in [1.54, 1.807) is 6.07 Å². The van der Waals surface area contributed by atoms with Crippen molar-refractivity contribution in [3.05, 3.63) is 66.1 Å². The number of hydrogen-bond acceptors (Lipinski definition) is 9. The Morgan fingerprint density at radius 3 is 2.45 bits per heavy atom. The van der Waals surface area contributed by atoms with E-state index in [1.165, 1.54) is 57.9 Å². The Kier molecular flexibility index (Phi) is 9.51. The number of aromatic amines is 1. The van der Waals surface area contributed by atoms with Crippen molar-refractivity contribution in [1.82, 2.24) is 20.2 Å². The van der Waals surface area contributed by atoms with E-state index in [9.17, 15) is 22.8 Å². The molecule has 16 heteroatoms. The second kappa shape index (κ2) is 13.3. The fraction of sp³-hybridized carbons (Fsp3) is 0.250. The van der Waals surface area contributed by atoms with Crippen LogP contribution in [0.4, 0.5) is 34.6 Å². The molecule has 0 aliphatic rings. The van der Waals surface area contributed by atoms with Crippen molar-refractivity contribution in [2.45, 2.75) is 12.8 Å². The van der Waals surface area contributed by atoms with E-state index in [1.807, 2.05) is 0 Å². The molecule has 0 spiro atoms. The summed E-state index contributed by atoms with van der Waals surface area (Å²) >= 11 is 0. The first-order chi connectivity index (χ1) is 20.9. The number of nitrogens with one attached hydrogen (secondary N) is 2. The van der Waals surface area contributed by atoms with Crippen molar-refractivity contribution in [2.75, 3.05) is 50.0 Å². The van der Waals surface area contributed by atoms with Gasteiger partial charge in [0.1, 0.15) is 12.9 Å². The molecule has 2 heterocycles. The highest BCUT2D eigenvalue weighted by Crippen LogP contribution is 2.46. The summed E-state index contributed by atoms with van der Waals surface area (Å²) in [4.78, 5) is 35.0. The van der Waals surface area contributed by atoms with Crippen LogP contribution in [0.3, 0.4) is 0 Å². The van der Waals surface area contributed by atoms with Gasteiger partial charge in [-0.2, -0.15) is 18.3 Å². The predicted molar refractivity (Wildman–Crippen MR) is 151 cm³/mol. The van der Waals surface area contributed by atoms with E-state index in [0.717, 1.165) is 23.1 Å². The van der Waals surface area contributed by atoms with Crippen molar-refractivity contribution >= 4 is 29.4 Å². The zero-order valence-electron chi connectivity index (χ0n) is 23.9. The zero-order chi connectivity index (χ0) is 32.0. The zero-order valence-corrected chi connectivity index (χ0v) is 23.9. The molecule has 0 aliphatic heterocycles. The minimum atomic E-state index is -4.83. The summed E-state index contributed by atoms with van der Waals surface area (Å²) in [5.74, 6) is -1.35. The van der Waals surface area contributed by atoms with E-state index >= 15 is 4.39 Å². The lowest BCUT2D eigenvalue weighted by molar-refractivity contribution is -0.137. The minimum absolute atomic E-state index is 0.0220.